The predicted octanol–water partition coefficient (Wildman–Crippen LogP) is 13.9. The zero-order chi connectivity index (χ0) is 50.8. The van der Waals surface area contributed by atoms with E-state index in [0.29, 0.717) is 24.0 Å². The van der Waals surface area contributed by atoms with Crippen LogP contribution in [0.2, 0.25) is 0 Å². The maximum Gasteiger partial charge on any atom is 0.338 e. The monoisotopic (exact) mass is 977 g/mol. The van der Waals surface area contributed by atoms with E-state index in [1.807, 2.05) is 6.92 Å². The van der Waals surface area contributed by atoms with E-state index >= 15 is 4.79 Å². The van der Waals surface area contributed by atoms with Crippen LogP contribution in [-0.2, 0) is 33.3 Å². The summed E-state index contributed by atoms with van der Waals surface area (Å²) in [5, 5.41) is 25.1. The largest absolute Gasteiger partial charge is 0.455 e. The van der Waals surface area contributed by atoms with Crippen LogP contribution in [0.1, 0.15) is 251 Å². The number of rotatable bonds is 32. The van der Waals surface area contributed by atoms with Crippen molar-refractivity contribution in [2.45, 2.75) is 277 Å². The smallest absolute Gasteiger partial charge is 0.338 e. The zero-order valence-electron chi connectivity index (χ0n) is 44.9. The number of ketones is 1. The number of carbonyl (C=O) groups excluding carboxylic acids is 4. The van der Waals surface area contributed by atoms with Gasteiger partial charge in [-0.25, -0.2) is 4.79 Å². The van der Waals surface area contributed by atoms with Gasteiger partial charge in [-0.3, -0.25) is 14.4 Å². The lowest BCUT2D eigenvalue weighted by Gasteiger charge is -2.68. The van der Waals surface area contributed by atoms with E-state index in [4.69, 9.17) is 18.9 Å². The average Bonchev–Trinajstić information content (AvgIpc) is 3.32. The lowest BCUT2D eigenvalue weighted by molar-refractivity contribution is -0.340. The van der Waals surface area contributed by atoms with Gasteiger partial charge in [-0.1, -0.05) is 220 Å². The molecule has 4 aliphatic rings. The van der Waals surface area contributed by atoms with Gasteiger partial charge in [0.25, 0.3) is 0 Å². The van der Waals surface area contributed by atoms with Crippen molar-refractivity contribution in [3.63, 3.8) is 0 Å². The number of carbonyl (C=O) groups is 4. The fourth-order valence-corrected chi connectivity index (χ4v) is 13.0. The van der Waals surface area contributed by atoms with Crippen molar-refractivity contribution in [2.24, 2.45) is 22.7 Å². The topological polar surface area (TPSA) is 146 Å². The molecule has 396 valence electrons. The third kappa shape index (κ3) is 14.1. The van der Waals surface area contributed by atoms with Crippen LogP contribution < -0.4 is 0 Å². The second-order valence-corrected chi connectivity index (χ2v) is 23.0. The van der Waals surface area contributed by atoms with Gasteiger partial charge in [-0.05, 0) is 49.0 Å². The highest BCUT2D eigenvalue weighted by molar-refractivity contribution is 5.95. The summed E-state index contributed by atoms with van der Waals surface area (Å²) in [4.78, 5) is 56.6. The minimum Gasteiger partial charge on any atom is -0.455 e. The molecule has 0 amide bonds. The van der Waals surface area contributed by atoms with Crippen LogP contribution in [0.4, 0.5) is 0 Å². The predicted molar refractivity (Wildman–Crippen MR) is 277 cm³/mol. The first kappa shape index (κ1) is 57.8. The summed E-state index contributed by atoms with van der Waals surface area (Å²) in [6.45, 7) is 12.4. The highest BCUT2D eigenvalue weighted by atomic mass is 16.6. The number of fused-ring (bicyclic) bond motifs is 5. The lowest BCUT2D eigenvalue weighted by atomic mass is 9.43. The molecule has 1 saturated heterocycles. The standard InChI is InChI=1S/C60H96O10/c1-8-9-10-11-12-13-14-15-16-17-18-19-20-21-22-23-24-25-26-27-28-29-30-31-32-33-37-40-50(63)68-52-51-45(3)48(62)42-60(66,57(51,5)6)55(69-56(65)47-38-35-34-36-39-47)53-58(7,54(52)64)44(2)41-49-59(53,43-67-49)70-46(4)61/h34-36,38-39,44,48-49,52-53,55,62,66H,8-33,37,40-43H2,1-7H3/t44-,48-,49+,52+,53-,55-,58+,59-,60+/m0/s1. The number of benzene rings is 1. The van der Waals surface area contributed by atoms with Crippen LogP contribution >= 0.6 is 0 Å². The Balaban J connectivity index is 1.06. The zero-order valence-corrected chi connectivity index (χ0v) is 44.9. The highest BCUT2D eigenvalue weighted by Gasteiger charge is 2.77. The van der Waals surface area contributed by atoms with E-state index in [0.717, 1.165) is 19.3 Å². The molecule has 1 aromatic carbocycles. The second-order valence-electron chi connectivity index (χ2n) is 23.0. The van der Waals surface area contributed by atoms with Gasteiger partial charge in [0.15, 0.2) is 17.5 Å². The van der Waals surface area contributed by atoms with Crippen LogP contribution in [0.25, 0.3) is 0 Å². The SMILES string of the molecule is CCCCCCCCCCCCCCCCCCCCCCCCCCCCCC(=O)O[C@H]1C(=O)[C@@]2(C)[C@H]([C@H](OC(=O)c3ccccc3)[C@]3(O)C[C@H](O)C(C)=C1C3(C)C)[C@]1(OC(C)=O)CO[C@@H]1C[C@@H]2C. The molecule has 10 heteroatoms. The number of esters is 3. The summed E-state index contributed by atoms with van der Waals surface area (Å²) in [7, 11) is 0. The van der Waals surface area contributed by atoms with Gasteiger partial charge < -0.3 is 29.2 Å². The molecule has 0 radical (unpaired) electrons. The van der Waals surface area contributed by atoms with E-state index in [1.54, 1.807) is 58.0 Å². The molecule has 2 N–H and O–H groups in total. The molecule has 2 bridgehead atoms. The molecule has 10 nitrogen and oxygen atoms in total. The molecular weight excluding hydrogens is 881 g/mol. The Labute approximate surface area is 423 Å². The van der Waals surface area contributed by atoms with Gasteiger partial charge in [-0.2, -0.15) is 0 Å². The quantitative estimate of drug-likeness (QED) is 0.0310. The molecule has 3 aliphatic carbocycles. The molecule has 70 heavy (non-hydrogen) atoms. The number of aliphatic hydroxyl groups excluding tert-OH is 1. The van der Waals surface area contributed by atoms with E-state index < -0.39 is 82.0 Å². The summed E-state index contributed by atoms with van der Waals surface area (Å²) in [5.41, 5.74) is -5.30. The van der Waals surface area contributed by atoms with E-state index in [1.165, 1.54) is 155 Å². The van der Waals surface area contributed by atoms with Crippen molar-refractivity contribution in [1.29, 1.82) is 0 Å². The van der Waals surface area contributed by atoms with Gasteiger partial charge in [0.2, 0.25) is 0 Å². The lowest BCUT2D eigenvalue weighted by Crippen LogP contribution is -2.80. The Morgan fingerprint density at radius 2 is 1.16 bits per heavy atom. The molecule has 0 spiro atoms. The number of hydrogen-bond donors (Lipinski definition) is 2. The van der Waals surface area contributed by atoms with Gasteiger partial charge in [0, 0.05) is 30.6 Å². The van der Waals surface area contributed by atoms with Crippen LogP contribution in [0.5, 0.6) is 0 Å². The molecule has 1 heterocycles. The molecule has 9 atom stereocenters. The highest BCUT2D eigenvalue weighted by Crippen LogP contribution is 2.65. The van der Waals surface area contributed by atoms with E-state index in [-0.39, 0.29) is 25.0 Å². The number of ether oxygens (including phenoxy) is 4. The molecule has 1 aliphatic heterocycles. The number of aliphatic hydroxyl groups is 2. The number of unbranched alkanes of at least 4 members (excludes halogenated alkanes) is 26. The van der Waals surface area contributed by atoms with Crippen molar-refractivity contribution < 1.29 is 48.3 Å². The first-order chi connectivity index (χ1) is 33.6. The third-order valence-electron chi connectivity index (χ3n) is 17.6. The maximum atomic E-state index is 15.7. The number of Topliss-reactive ketones (excluding diaryl/α,β-unsaturated/α-hetero) is 1. The minimum absolute atomic E-state index is 0.0816. The van der Waals surface area contributed by atoms with E-state index in [2.05, 4.69) is 6.92 Å². The summed E-state index contributed by atoms with van der Waals surface area (Å²) < 4.78 is 25.0. The van der Waals surface area contributed by atoms with Crippen molar-refractivity contribution in [1.82, 2.24) is 0 Å². The van der Waals surface area contributed by atoms with E-state index in [9.17, 15) is 24.6 Å². The minimum atomic E-state index is -2.02. The van der Waals surface area contributed by atoms with Gasteiger partial charge >= 0.3 is 17.9 Å². The summed E-state index contributed by atoms with van der Waals surface area (Å²) >= 11 is 0. The Morgan fingerprint density at radius 3 is 1.59 bits per heavy atom. The Kier molecular flexibility index (Phi) is 23.0. The van der Waals surface area contributed by atoms with Gasteiger partial charge in [-0.15, -0.1) is 0 Å². The molecule has 5 rings (SSSR count). The third-order valence-corrected chi connectivity index (χ3v) is 17.6. The summed E-state index contributed by atoms with van der Waals surface area (Å²) in [6.07, 6.45) is 30.8. The van der Waals surface area contributed by atoms with Gasteiger partial charge in [0.1, 0.15) is 17.8 Å². The van der Waals surface area contributed by atoms with Crippen LogP contribution in [-0.4, -0.2) is 76.1 Å². The van der Waals surface area contributed by atoms with Crippen LogP contribution in [0.15, 0.2) is 41.5 Å². The average molecular weight is 977 g/mol. The Bertz CT molecular complexity index is 1820. The molecule has 1 aromatic rings. The van der Waals surface area contributed by atoms with Crippen molar-refractivity contribution >= 4 is 23.7 Å². The Hall–Kier alpha value is -3.08. The van der Waals surface area contributed by atoms with Crippen molar-refractivity contribution in [2.75, 3.05) is 6.61 Å². The molecule has 0 aromatic heterocycles. The first-order valence-electron chi connectivity index (χ1n) is 28.5. The second kappa shape index (κ2) is 27.8. The molecular formula is C60H96O10. The normalized spacial score (nSPS) is 29.0. The fourth-order valence-electron chi connectivity index (χ4n) is 13.0. The fraction of sp³-hybridized carbons (Fsp3) is 0.800. The van der Waals surface area contributed by atoms with Gasteiger partial charge in [0.05, 0.1) is 24.2 Å². The maximum absolute atomic E-state index is 15.7. The molecule has 3 fully saturated rings. The van der Waals surface area contributed by atoms with Crippen molar-refractivity contribution in [3.8, 4) is 0 Å². The first-order valence-corrected chi connectivity index (χ1v) is 28.5. The summed E-state index contributed by atoms with van der Waals surface area (Å²) in [5.74, 6) is -3.85. The molecule has 2 saturated carbocycles. The van der Waals surface area contributed by atoms with Crippen LogP contribution in [0.3, 0.4) is 0 Å². The molecule has 0 unspecified atom stereocenters. The van der Waals surface area contributed by atoms with Crippen LogP contribution in [0, 0.1) is 22.7 Å². The summed E-state index contributed by atoms with van der Waals surface area (Å²) in [6, 6.07) is 8.40. The Morgan fingerprint density at radius 1 is 0.700 bits per heavy atom. The number of hydrogen-bond acceptors (Lipinski definition) is 10. The van der Waals surface area contributed by atoms with Crippen molar-refractivity contribution in [3.05, 3.63) is 47.0 Å².